The highest BCUT2D eigenvalue weighted by atomic mass is 35.5. The van der Waals surface area contributed by atoms with Gasteiger partial charge in [-0.15, -0.1) is 0 Å². The highest BCUT2D eigenvalue weighted by molar-refractivity contribution is 6.30. The van der Waals surface area contributed by atoms with Crippen LogP contribution in [0.3, 0.4) is 0 Å². The van der Waals surface area contributed by atoms with E-state index in [2.05, 4.69) is 5.32 Å². The van der Waals surface area contributed by atoms with Crippen LogP contribution in [0.4, 0.5) is 22.0 Å². The smallest absolute Gasteiger partial charge is 0.383 e. The zero-order valence-corrected chi connectivity index (χ0v) is 26.0. The molecule has 4 atom stereocenters. The Kier molecular flexibility index (Phi) is 9.10. The number of carbonyl (C=O) groups excluding carboxylic acids is 2. The molecule has 0 heterocycles. The van der Waals surface area contributed by atoms with Crippen molar-refractivity contribution in [2.45, 2.75) is 95.4 Å². The predicted octanol–water partition coefficient (Wildman–Crippen LogP) is 8.88. The van der Waals surface area contributed by atoms with E-state index in [1.54, 1.807) is 55.5 Å². The van der Waals surface area contributed by atoms with Crippen molar-refractivity contribution in [3.05, 3.63) is 93.0 Å². The Bertz CT molecular complexity index is 1530. The topological polar surface area (TPSA) is 66.4 Å². The largest absolute Gasteiger partial charge is 0.456 e. The number of aliphatic hydroxyl groups is 1. The molecule has 45 heavy (non-hydrogen) atoms. The summed E-state index contributed by atoms with van der Waals surface area (Å²) in [4.78, 5) is 25.2. The Morgan fingerprint density at radius 3 is 2.44 bits per heavy atom. The molecule has 2 aromatic carbocycles. The maximum absolute atomic E-state index is 15.2. The molecule has 2 unspecified atom stereocenters. The van der Waals surface area contributed by atoms with E-state index in [0.29, 0.717) is 48.3 Å². The van der Waals surface area contributed by atoms with E-state index in [9.17, 15) is 27.9 Å². The molecule has 0 spiro atoms. The summed E-state index contributed by atoms with van der Waals surface area (Å²) in [6.07, 6.45) is -2.38. The minimum absolute atomic E-state index is 0.00950. The van der Waals surface area contributed by atoms with Crippen LogP contribution in [-0.2, 0) is 11.3 Å². The van der Waals surface area contributed by atoms with Crippen LogP contribution in [0.25, 0.3) is 0 Å². The SMILES string of the molecule is C[C@@H]1CCC(O)(C(F)(F)C(F)(F)F)C1(C)C[C@@H](C1=C2CCC(=O)C=C2CCC1)c1ccc(C(=O)NCc2cccc(Cl)c2)cc1. The van der Waals surface area contributed by atoms with E-state index in [1.165, 1.54) is 6.92 Å². The Balaban J connectivity index is 1.52. The van der Waals surface area contributed by atoms with Gasteiger partial charge in [0.05, 0.1) is 0 Å². The normalized spacial score (nSPS) is 26.4. The quantitative estimate of drug-likeness (QED) is 0.281. The summed E-state index contributed by atoms with van der Waals surface area (Å²) < 4.78 is 71.7. The van der Waals surface area contributed by atoms with Crippen molar-refractivity contribution < 1.29 is 36.6 Å². The van der Waals surface area contributed by atoms with E-state index in [-0.39, 0.29) is 31.1 Å². The van der Waals surface area contributed by atoms with Gasteiger partial charge in [0.1, 0.15) is 5.60 Å². The van der Waals surface area contributed by atoms with Crippen LogP contribution >= 0.6 is 11.6 Å². The van der Waals surface area contributed by atoms with E-state index >= 15 is 8.78 Å². The molecule has 5 rings (SSSR count). The first-order valence-electron chi connectivity index (χ1n) is 15.3. The van der Waals surface area contributed by atoms with Crippen LogP contribution in [0.15, 0.2) is 71.3 Å². The Labute approximate surface area is 264 Å². The lowest BCUT2D eigenvalue weighted by atomic mass is 9.61. The van der Waals surface area contributed by atoms with Gasteiger partial charge in [-0.2, -0.15) is 22.0 Å². The third-order valence-corrected chi connectivity index (χ3v) is 10.7. The molecule has 0 aliphatic heterocycles. The predicted molar refractivity (Wildman–Crippen MR) is 162 cm³/mol. The van der Waals surface area contributed by atoms with Gasteiger partial charge in [-0.1, -0.05) is 55.3 Å². The lowest BCUT2D eigenvalue weighted by molar-refractivity contribution is -0.360. The molecule has 2 N–H and O–H groups in total. The zero-order chi connectivity index (χ0) is 32.8. The number of benzene rings is 2. The van der Waals surface area contributed by atoms with Crippen molar-refractivity contribution in [3.8, 4) is 0 Å². The van der Waals surface area contributed by atoms with Gasteiger partial charge in [-0.25, -0.2) is 0 Å². The fourth-order valence-corrected chi connectivity index (χ4v) is 7.79. The number of ketones is 1. The van der Waals surface area contributed by atoms with Crippen LogP contribution in [-0.4, -0.2) is 34.5 Å². The number of halogens is 6. The zero-order valence-electron chi connectivity index (χ0n) is 25.2. The molecular formula is C35H37ClF5NO3. The number of fused-ring (bicyclic) bond motifs is 1. The molecule has 3 aliphatic rings. The van der Waals surface area contributed by atoms with Gasteiger partial charge in [0.15, 0.2) is 5.78 Å². The van der Waals surface area contributed by atoms with Gasteiger partial charge in [0.2, 0.25) is 0 Å². The van der Waals surface area contributed by atoms with Crippen LogP contribution < -0.4 is 5.32 Å². The standard InChI is InChI=1S/C35H37ClF5NO3/c1-21-15-16-33(45,34(37,38)35(39,40)41)32(21,2)19-30(29-8-4-6-25-18-27(43)13-14-28(25)29)23-9-11-24(12-10-23)31(44)42-20-22-5-3-7-26(36)17-22/h3,5,7,9-12,17-18,21,30,45H,4,6,8,13-16,19-20H2,1-2H3,(H,42,44)/t21-,30-,32?,33?/m1/s1. The van der Waals surface area contributed by atoms with Crippen LogP contribution in [0.1, 0.15) is 92.6 Å². The molecule has 2 aromatic rings. The first-order valence-corrected chi connectivity index (χ1v) is 15.7. The Morgan fingerprint density at radius 2 is 1.78 bits per heavy atom. The van der Waals surface area contributed by atoms with Crippen molar-refractivity contribution in [3.63, 3.8) is 0 Å². The monoisotopic (exact) mass is 649 g/mol. The maximum Gasteiger partial charge on any atom is 0.456 e. The average Bonchev–Trinajstić information content (AvgIpc) is 3.23. The van der Waals surface area contributed by atoms with Crippen molar-refractivity contribution in [1.29, 1.82) is 0 Å². The molecule has 0 saturated heterocycles. The first kappa shape index (κ1) is 33.3. The third kappa shape index (κ3) is 6.10. The van der Waals surface area contributed by atoms with Crippen LogP contribution in [0, 0.1) is 11.3 Å². The number of alkyl halides is 5. The van der Waals surface area contributed by atoms with Crippen molar-refractivity contribution >= 4 is 23.3 Å². The lowest BCUT2D eigenvalue weighted by Gasteiger charge is -2.48. The maximum atomic E-state index is 15.2. The van der Waals surface area contributed by atoms with Gasteiger partial charge in [-0.3, -0.25) is 9.59 Å². The van der Waals surface area contributed by atoms with Crippen LogP contribution in [0.5, 0.6) is 0 Å². The fourth-order valence-electron chi connectivity index (χ4n) is 7.58. The molecule has 3 aliphatic carbocycles. The van der Waals surface area contributed by atoms with Gasteiger partial charge in [0, 0.05) is 34.9 Å². The minimum Gasteiger partial charge on any atom is -0.383 e. The van der Waals surface area contributed by atoms with Gasteiger partial charge in [-0.05, 0) is 103 Å². The third-order valence-electron chi connectivity index (χ3n) is 10.4. The second-order valence-corrected chi connectivity index (χ2v) is 13.4. The molecule has 1 fully saturated rings. The number of rotatable bonds is 8. The first-order chi connectivity index (χ1) is 21.1. The number of hydrogen-bond acceptors (Lipinski definition) is 3. The number of allylic oxidation sites excluding steroid dienone is 4. The lowest BCUT2D eigenvalue weighted by Crippen LogP contribution is -2.63. The Morgan fingerprint density at radius 1 is 1.07 bits per heavy atom. The molecule has 242 valence electrons. The molecule has 0 radical (unpaired) electrons. The van der Waals surface area contributed by atoms with Crippen LogP contribution in [0.2, 0.25) is 5.02 Å². The summed E-state index contributed by atoms with van der Waals surface area (Å²) in [5.41, 5.74) is -0.554. The summed E-state index contributed by atoms with van der Waals surface area (Å²) in [5, 5.41) is 14.8. The summed E-state index contributed by atoms with van der Waals surface area (Å²) in [7, 11) is 0. The van der Waals surface area contributed by atoms with Gasteiger partial charge < -0.3 is 10.4 Å². The number of amides is 1. The van der Waals surface area contributed by atoms with E-state index in [4.69, 9.17) is 11.6 Å². The second-order valence-electron chi connectivity index (χ2n) is 13.0. The van der Waals surface area contributed by atoms with Gasteiger partial charge in [0.25, 0.3) is 5.91 Å². The second kappa shape index (κ2) is 12.3. The molecule has 1 saturated carbocycles. The average molecular weight is 650 g/mol. The van der Waals surface area contributed by atoms with E-state index < -0.39 is 41.4 Å². The number of hydrogen-bond donors (Lipinski definition) is 2. The molecule has 10 heteroatoms. The fraction of sp³-hybridized carbons (Fsp3) is 0.486. The van der Waals surface area contributed by atoms with Gasteiger partial charge >= 0.3 is 12.1 Å². The number of carbonyl (C=O) groups is 2. The highest BCUT2D eigenvalue weighted by Crippen LogP contribution is 2.64. The summed E-state index contributed by atoms with van der Waals surface area (Å²) in [6.45, 7) is 3.22. The van der Waals surface area contributed by atoms with Crippen molar-refractivity contribution in [1.82, 2.24) is 5.32 Å². The summed E-state index contributed by atoms with van der Waals surface area (Å²) in [5.74, 6) is -6.89. The minimum atomic E-state index is -5.92. The van der Waals surface area contributed by atoms with E-state index in [0.717, 1.165) is 22.3 Å². The molecule has 4 nitrogen and oxygen atoms in total. The Hall–Kier alpha value is -3.04. The molecule has 0 bridgehead atoms. The molecule has 1 amide bonds. The molecule has 0 aromatic heterocycles. The van der Waals surface area contributed by atoms with E-state index in [1.807, 2.05) is 6.07 Å². The summed E-state index contributed by atoms with van der Waals surface area (Å²) >= 11 is 6.03. The summed E-state index contributed by atoms with van der Waals surface area (Å²) in [6, 6.07) is 13.7. The number of nitrogens with one attached hydrogen (secondary N) is 1. The molecular weight excluding hydrogens is 613 g/mol. The van der Waals surface area contributed by atoms with Crippen molar-refractivity contribution in [2.75, 3.05) is 0 Å². The highest BCUT2D eigenvalue weighted by Gasteiger charge is 2.77. The van der Waals surface area contributed by atoms with Crippen molar-refractivity contribution in [2.24, 2.45) is 11.3 Å².